The van der Waals surface area contributed by atoms with E-state index in [-0.39, 0.29) is 5.16 Å². The average Bonchev–Trinajstić information content (AvgIpc) is 2.92. The van der Waals surface area contributed by atoms with Crippen LogP contribution in [0.2, 0.25) is 0 Å². The molecule has 21 heavy (non-hydrogen) atoms. The van der Waals surface area contributed by atoms with Gasteiger partial charge in [0.05, 0.1) is 0 Å². The third kappa shape index (κ3) is 2.95. The fourth-order valence-electron chi connectivity index (χ4n) is 2.01. The van der Waals surface area contributed by atoms with Crippen molar-refractivity contribution in [2.75, 3.05) is 0 Å². The summed E-state index contributed by atoms with van der Waals surface area (Å²) in [4.78, 5) is 0. The van der Waals surface area contributed by atoms with Gasteiger partial charge in [-0.2, -0.15) is 8.78 Å². The van der Waals surface area contributed by atoms with E-state index in [1.165, 1.54) is 0 Å². The minimum absolute atomic E-state index is 0.176. The molecular weight excluding hydrogens is 292 g/mol. The normalized spacial score (nSPS) is 11.0. The first-order valence-electron chi connectivity index (χ1n) is 6.27. The van der Waals surface area contributed by atoms with Crippen molar-refractivity contribution >= 4 is 11.8 Å². The Labute approximate surface area is 124 Å². The number of alkyl halides is 2. The maximum absolute atomic E-state index is 12.7. The van der Waals surface area contributed by atoms with E-state index in [9.17, 15) is 8.78 Å². The third-order valence-corrected chi connectivity index (χ3v) is 3.53. The smallest absolute Gasteiger partial charge is 0.270 e. The second kappa shape index (κ2) is 6.05. The lowest BCUT2D eigenvalue weighted by Gasteiger charge is -2.09. The van der Waals surface area contributed by atoms with E-state index in [0.29, 0.717) is 17.6 Å². The van der Waals surface area contributed by atoms with Gasteiger partial charge in [0.15, 0.2) is 5.82 Å². The molecule has 6 heteroatoms. The third-order valence-electron chi connectivity index (χ3n) is 2.87. The Balaban J connectivity index is 2.15. The van der Waals surface area contributed by atoms with E-state index in [0.717, 1.165) is 11.3 Å². The summed E-state index contributed by atoms with van der Waals surface area (Å²) in [5, 5.41) is 8.16. The highest BCUT2D eigenvalue weighted by Crippen LogP contribution is 2.30. The van der Waals surface area contributed by atoms with Crippen LogP contribution in [0.3, 0.4) is 0 Å². The molecule has 0 bridgehead atoms. The molecular formula is C15H11F2N3S. The van der Waals surface area contributed by atoms with E-state index >= 15 is 0 Å². The van der Waals surface area contributed by atoms with Crippen LogP contribution >= 0.6 is 11.8 Å². The Hall–Kier alpha value is -2.21. The van der Waals surface area contributed by atoms with Crippen molar-refractivity contribution in [2.45, 2.75) is 10.9 Å². The van der Waals surface area contributed by atoms with Crippen molar-refractivity contribution in [2.24, 2.45) is 0 Å². The lowest BCUT2D eigenvalue weighted by molar-refractivity contribution is 0.251. The van der Waals surface area contributed by atoms with Crippen LogP contribution in [0.5, 0.6) is 0 Å². The van der Waals surface area contributed by atoms with Gasteiger partial charge in [0.1, 0.15) is 0 Å². The van der Waals surface area contributed by atoms with Gasteiger partial charge in [-0.05, 0) is 23.9 Å². The van der Waals surface area contributed by atoms with E-state index in [2.05, 4.69) is 10.2 Å². The van der Waals surface area contributed by atoms with Crippen molar-refractivity contribution in [1.29, 1.82) is 0 Å². The summed E-state index contributed by atoms with van der Waals surface area (Å²) in [6.45, 7) is 0. The highest BCUT2D eigenvalue weighted by Gasteiger charge is 2.19. The first-order valence-corrected chi connectivity index (χ1v) is 7.15. The zero-order valence-corrected chi connectivity index (χ0v) is 11.7. The standard InChI is InChI=1S/C15H11F2N3S/c16-14(17)21-15-19-18-13(11-7-3-1-4-8-11)20(15)12-9-5-2-6-10-12/h1-10,14H. The molecule has 3 rings (SSSR count). The quantitative estimate of drug-likeness (QED) is 0.675. The predicted octanol–water partition coefficient (Wildman–Crippen LogP) is 4.25. The summed E-state index contributed by atoms with van der Waals surface area (Å²) in [6.07, 6.45) is 0. The van der Waals surface area contributed by atoms with Crippen LogP contribution in [-0.2, 0) is 0 Å². The van der Waals surface area contributed by atoms with Crippen molar-refractivity contribution in [3.05, 3.63) is 60.7 Å². The maximum Gasteiger partial charge on any atom is 0.291 e. The number of nitrogens with zero attached hydrogens (tertiary/aromatic N) is 3. The minimum atomic E-state index is -2.54. The van der Waals surface area contributed by atoms with Gasteiger partial charge in [0.2, 0.25) is 5.16 Å². The van der Waals surface area contributed by atoms with Gasteiger partial charge in [-0.3, -0.25) is 4.57 Å². The van der Waals surface area contributed by atoms with E-state index in [4.69, 9.17) is 0 Å². The summed E-state index contributed by atoms with van der Waals surface area (Å²) in [7, 11) is 0. The maximum atomic E-state index is 12.7. The zero-order chi connectivity index (χ0) is 14.7. The molecule has 0 amide bonds. The Morgan fingerprint density at radius 1 is 0.857 bits per heavy atom. The van der Waals surface area contributed by atoms with Crippen LogP contribution in [0.1, 0.15) is 0 Å². The van der Waals surface area contributed by atoms with Crippen molar-refractivity contribution in [3.8, 4) is 17.1 Å². The van der Waals surface area contributed by atoms with Gasteiger partial charge < -0.3 is 0 Å². The van der Waals surface area contributed by atoms with Crippen molar-refractivity contribution in [1.82, 2.24) is 14.8 Å². The van der Waals surface area contributed by atoms with Crippen LogP contribution in [0.15, 0.2) is 65.8 Å². The summed E-state index contributed by atoms with van der Waals surface area (Å²) in [6, 6.07) is 18.6. The topological polar surface area (TPSA) is 30.7 Å². The highest BCUT2D eigenvalue weighted by molar-refractivity contribution is 7.99. The first kappa shape index (κ1) is 13.8. The average molecular weight is 303 g/mol. The number of hydrogen-bond acceptors (Lipinski definition) is 3. The van der Waals surface area contributed by atoms with Gasteiger partial charge in [-0.1, -0.05) is 48.5 Å². The number of para-hydroxylation sites is 1. The Kier molecular flexibility index (Phi) is 3.96. The molecule has 0 radical (unpaired) electrons. The zero-order valence-electron chi connectivity index (χ0n) is 10.9. The Morgan fingerprint density at radius 3 is 2.10 bits per heavy atom. The van der Waals surface area contributed by atoms with Crippen molar-refractivity contribution < 1.29 is 8.78 Å². The van der Waals surface area contributed by atoms with Gasteiger partial charge in [-0.15, -0.1) is 10.2 Å². The molecule has 0 saturated carbocycles. The predicted molar refractivity (Wildman–Crippen MR) is 78.7 cm³/mol. The molecule has 0 aliphatic carbocycles. The molecule has 106 valence electrons. The lowest BCUT2D eigenvalue weighted by atomic mass is 10.2. The molecule has 1 aromatic heterocycles. The monoisotopic (exact) mass is 303 g/mol. The van der Waals surface area contributed by atoms with Crippen LogP contribution in [0, 0.1) is 0 Å². The number of hydrogen-bond donors (Lipinski definition) is 0. The summed E-state index contributed by atoms with van der Waals surface area (Å²) in [5.41, 5.74) is 1.58. The Morgan fingerprint density at radius 2 is 1.48 bits per heavy atom. The largest absolute Gasteiger partial charge is 0.291 e. The van der Waals surface area contributed by atoms with Gasteiger partial charge in [0.25, 0.3) is 5.76 Å². The molecule has 0 atom stereocenters. The number of aromatic nitrogens is 3. The van der Waals surface area contributed by atoms with Crippen LogP contribution in [0.25, 0.3) is 17.1 Å². The molecule has 3 nitrogen and oxygen atoms in total. The number of rotatable bonds is 4. The van der Waals surface area contributed by atoms with Crippen molar-refractivity contribution in [3.63, 3.8) is 0 Å². The number of benzene rings is 2. The van der Waals surface area contributed by atoms with Crippen LogP contribution < -0.4 is 0 Å². The molecule has 0 fully saturated rings. The fraction of sp³-hybridized carbons (Fsp3) is 0.0667. The highest BCUT2D eigenvalue weighted by atomic mass is 32.2. The molecule has 0 unspecified atom stereocenters. The number of thioether (sulfide) groups is 1. The fourth-order valence-corrected chi connectivity index (χ4v) is 2.55. The first-order chi connectivity index (χ1) is 10.3. The second-order valence-electron chi connectivity index (χ2n) is 4.22. The van der Waals surface area contributed by atoms with E-state index in [1.807, 2.05) is 60.7 Å². The number of halogens is 2. The summed E-state index contributed by atoms with van der Waals surface area (Å²) in [5.74, 6) is -2.00. The molecule has 0 aliphatic rings. The van der Waals surface area contributed by atoms with E-state index in [1.54, 1.807) is 4.57 Å². The molecule has 2 aromatic carbocycles. The molecule has 0 spiro atoms. The van der Waals surface area contributed by atoms with Crippen LogP contribution in [-0.4, -0.2) is 20.5 Å². The lowest BCUT2D eigenvalue weighted by Crippen LogP contribution is -2.00. The van der Waals surface area contributed by atoms with Gasteiger partial charge in [0, 0.05) is 11.3 Å². The summed E-state index contributed by atoms with van der Waals surface area (Å²) >= 11 is 0.391. The molecule has 3 aromatic rings. The molecule has 0 aliphatic heterocycles. The molecule has 1 heterocycles. The Bertz CT molecular complexity index is 714. The van der Waals surface area contributed by atoms with Gasteiger partial charge in [-0.25, -0.2) is 0 Å². The molecule has 0 saturated heterocycles. The minimum Gasteiger partial charge on any atom is -0.270 e. The van der Waals surface area contributed by atoms with Crippen LogP contribution in [0.4, 0.5) is 8.78 Å². The van der Waals surface area contributed by atoms with E-state index < -0.39 is 5.76 Å². The summed E-state index contributed by atoms with van der Waals surface area (Å²) < 4.78 is 27.1. The second-order valence-corrected chi connectivity index (χ2v) is 5.18. The SMILES string of the molecule is FC(F)Sc1nnc(-c2ccccc2)n1-c1ccccc1. The van der Waals surface area contributed by atoms with Gasteiger partial charge >= 0.3 is 0 Å². The molecule has 0 N–H and O–H groups in total.